The van der Waals surface area contributed by atoms with E-state index in [1.54, 1.807) is 16.9 Å². The van der Waals surface area contributed by atoms with E-state index in [0.717, 1.165) is 18.0 Å². The van der Waals surface area contributed by atoms with Crippen LogP contribution in [0.3, 0.4) is 0 Å². The molecule has 0 unspecified atom stereocenters. The lowest BCUT2D eigenvalue weighted by Gasteiger charge is -2.05. The van der Waals surface area contributed by atoms with E-state index in [2.05, 4.69) is 15.4 Å². The minimum atomic E-state index is -0.645. The molecule has 1 amide bonds. The molecular formula is C15H12N6O3. The lowest BCUT2D eigenvalue weighted by molar-refractivity contribution is -0.385. The summed E-state index contributed by atoms with van der Waals surface area (Å²) in [5.74, 6) is -0.433. The Kier molecular flexibility index (Phi) is 3.89. The number of amides is 1. The van der Waals surface area contributed by atoms with Crippen LogP contribution in [0, 0.1) is 10.1 Å². The molecule has 0 aliphatic rings. The maximum atomic E-state index is 12.3. The van der Waals surface area contributed by atoms with Gasteiger partial charge >= 0.3 is 0 Å². The zero-order valence-electron chi connectivity index (χ0n) is 12.3. The fraction of sp³-hybridized carbons (Fsp3) is 0. The van der Waals surface area contributed by atoms with Crippen molar-refractivity contribution in [3.8, 4) is 5.69 Å². The summed E-state index contributed by atoms with van der Waals surface area (Å²) in [4.78, 5) is 26.1. The number of carbonyl (C=O) groups is 1. The van der Waals surface area contributed by atoms with Gasteiger partial charge in [0.1, 0.15) is 12.0 Å². The van der Waals surface area contributed by atoms with Crippen LogP contribution in [0.4, 0.5) is 17.3 Å². The van der Waals surface area contributed by atoms with E-state index >= 15 is 0 Å². The number of nitrogens with zero attached hydrogens (tertiary/aromatic N) is 4. The molecule has 120 valence electrons. The van der Waals surface area contributed by atoms with Gasteiger partial charge in [0.25, 0.3) is 11.6 Å². The van der Waals surface area contributed by atoms with Crippen molar-refractivity contribution in [1.29, 1.82) is 0 Å². The van der Waals surface area contributed by atoms with Gasteiger partial charge in [-0.05, 0) is 12.1 Å². The van der Waals surface area contributed by atoms with E-state index in [1.807, 2.05) is 30.3 Å². The molecule has 3 N–H and O–H groups in total. The van der Waals surface area contributed by atoms with Gasteiger partial charge in [-0.1, -0.05) is 18.2 Å². The number of carbonyl (C=O) groups excluding carboxylic acids is 1. The summed E-state index contributed by atoms with van der Waals surface area (Å²) in [6.07, 6.45) is 2.68. The predicted octanol–water partition coefficient (Wildman–Crippen LogP) is 2.01. The zero-order valence-corrected chi connectivity index (χ0v) is 12.3. The van der Waals surface area contributed by atoms with Crippen molar-refractivity contribution in [2.75, 3.05) is 11.1 Å². The molecule has 0 saturated heterocycles. The molecule has 9 heteroatoms. The Labute approximate surface area is 135 Å². The number of nitrogens with two attached hydrogens (primary N) is 1. The van der Waals surface area contributed by atoms with Gasteiger partial charge in [-0.2, -0.15) is 5.10 Å². The molecule has 9 nitrogen and oxygen atoms in total. The summed E-state index contributed by atoms with van der Waals surface area (Å²) in [6.45, 7) is 0. The molecule has 3 rings (SSSR count). The van der Waals surface area contributed by atoms with E-state index in [4.69, 9.17) is 5.73 Å². The number of nitrogens with one attached hydrogen (secondary N) is 1. The standard InChI is InChI=1S/C15H12N6O3/c16-14-12(8-11(9-17-14)21(23)24)15(22)18-13-6-7-20(19-13)10-4-2-1-3-5-10/h1-9H,(H2,16,17)(H,18,19,22). The van der Waals surface area contributed by atoms with Crippen molar-refractivity contribution < 1.29 is 9.72 Å². The summed E-state index contributed by atoms with van der Waals surface area (Å²) in [5.41, 5.74) is 6.05. The second kappa shape index (κ2) is 6.16. The van der Waals surface area contributed by atoms with Gasteiger partial charge in [-0.25, -0.2) is 9.67 Å². The highest BCUT2D eigenvalue weighted by Crippen LogP contribution is 2.18. The fourth-order valence-electron chi connectivity index (χ4n) is 2.04. The minimum Gasteiger partial charge on any atom is -0.383 e. The van der Waals surface area contributed by atoms with Crippen molar-refractivity contribution in [1.82, 2.24) is 14.8 Å². The number of pyridine rings is 1. The number of hydrogen-bond acceptors (Lipinski definition) is 6. The summed E-state index contributed by atoms with van der Waals surface area (Å²) < 4.78 is 1.59. The SMILES string of the molecule is Nc1ncc([N+](=O)[O-])cc1C(=O)Nc1ccn(-c2ccccc2)n1. The molecule has 0 aliphatic carbocycles. The molecule has 2 heterocycles. The van der Waals surface area contributed by atoms with Gasteiger partial charge in [0.2, 0.25) is 0 Å². The Balaban J connectivity index is 1.82. The van der Waals surface area contributed by atoms with Crippen LogP contribution < -0.4 is 11.1 Å². The van der Waals surface area contributed by atoms with E-state index in [1.165, 1.54) is 0 Å². The minimum absolute atomic E-state index is 0.0848. The van der Waals surface area contributed by atoms with E-state index in [9.17, 15) is 14.9 Å². The van der Waals surface area contributed by atoms with Crippen LogP contribution in [0.25, 0.3) is 5.69 Å². The van der Waals surface area contributed by atoms with Gasteiger partial charge in [0.05, 0.1) is 16.2 Å². The zero-order chi connectivity index (χ0) is 17.1. The van der Waals surface area contributed by atoms with Crippen molar-refractivity contribution >= 4 is 23.2 Å². The second-order valence-electron chi connectivity index (χ2n) is 4.82. The molecule has 3 aromatic rings. The highest BCUT2D eigenvalue weighted by Gasteiger charge is 2.17. The van der Waals surface area contributed by atoms with Gasteiger partial charge < -0.3 is 11.1 Å². The number of anilines is 2. The van der Waals surface area contributed by atoms with Crippen molar-refractivity contribution in [2.45, 2.75) is 0 Å². The Morgan fingerprint density at radius 2 is 2.00 bits per heavy atom. The molecule has 0 saturated carbocycles. The third kappa shape index (κ3) is 3.04. The first kappa shape index (κ1) is 15.2. The van der Waals surface area contributed by atoms with Crippen LogP contribution in [0.15, 0.2) is 54.9 Å². The largest absolute Gasteiger partial charge is 0.383 e. The molecule has 1 aromatic carbocycles. The summed E-state index contributed by atoms with van der Waals surface area (Å²) in [7, 11) is 0. The molecule has 0 radical (unpaired) electrons. The van der Waals surface area contributed by atoms with Crippen LogP contribution in [0.2, 0.25) is 0 Å². The normalized spacial score (nSPS) is 10.3. The average Bonchev–Trinajstić information content (AvgIpc) is 3.04. The van der Waals surface area contributed by atoms with Crippen LogP contribution in [0.5, 0.6) is 0 Å². The number of para-hydroxylation sites is 1. The van der Waals surface area contributed by atoms with Crippen LogP contribution >= 0.6 is 0 Å². The quantitative estimate of drug-likeness (QED) is 0.558. The second-order valence-corrected chi connectivity index (χ2v) is 4.82. The van der Waals surface area contributed by atoms with Gasteiger partial charge in [-0.3, -0.25) is 14.9 Å². The highest BCUT2D eigenvalue weighted by atomic mass is 16.6. The summed E-state index contributed by atoms with van der Waals surface area (Å²) in [5, 5.41) is 17.5. The van der Waals surface area contributed by atoms with E-state index < -0.39 is 10.8 Å². The topological polar surface area (TPSA) is 129 Å². The first-order chi connectivity index (χ1) is 11.5. The number of hydrogen-bond donors (Lipinski definition) is 2. The maximum Gasteiger partial charge on any atom is 0.288 e. The van der Waals surface area contributed by atoms with Crippen molar-refractivity contribution in [2.24, 2.45) is 0 Å². The first-order valence-electron chi connectivity index (χ1n) is 6.87. The maximum absolute atomic E-state index is 12.3. The molecule has 0 spiro atoms. The lowest BCUT2D eigenvalue weighted by atomic mass is 10.2. The average molecular weight is 324 g/mol. The van der Waals surface area contributed by atoms with Gasteiger partial charge in [-0.15, -0.1) is 0 Å². The molecule has 24 heavy (non-hydrogen) atoms. The van der Waals surface area contributed by atoms with Crippen molar-refractivity contribution in [3.63, 3.8) is 0 Å². The third-order valence-corrected chi connectivity index (χ3v) is 3.21. The number of nitro groups is 1. The Hall–Kier alpha value is -3.75. The highest BCUT2D eigenvalue weighted by molar-refractivity contribution is 6.07. The Morgan fingerprint density at radius 3 is 2.71 bits per heavy atom. The van der Waals surface area contributed by atoms with Crippen LogP contribution in [-0.4, -0.2) is 25.6 Å². The number of nitrogen functional groups attached to an aromatic ring is 1. The smallest absolute Gasteiger partial charge is 0.288 e. The Morgan fingerprint density at radius 1 is 1.25 bits per heavy atom. The summed E-state index contributed by atoms with van der Waals surface area (Å²) in [6, 6.07) is 12.0. The molecular weight excluding hydrogens is 312 g/mol. The fourth-order valence-corrected chi connectivity index (χ4v) is 2.04. The van der Waals surface area contributed by atoms with E-state index in [0.29, 0.717) is 0 Å². The van der Waals surface area contributed by atoms with Gasteiger partial charge in [0.15, 0.2) is 5.82 Å². The van der Waals surface area contributed by atoms with Gasteiger partial charge in [0, 0.05) is 18.3 Å². The third-order valence-electron chi connectivity index (χ3n) is 3.21. The molecule has 0 aliphatic heterocycles. The van der Waals surface area contributed by atoms with Crippen LogP contribution in [0.1, 0.15) is 10.4 Å². The van der Waals surface area contributed by atoms with Crippen LogP contribution in [-0.2, 0) is 0 Å². The molecule has 0 atom stereocenters. The predicted molar refractivity (Wildman–Crippen MR) is 86.8 cm³/mol. The molecule has 0 fully saturated rings. The molecule has 2 aromatic heterocycles. The monoisotopic (exact) mass is 324 g/mol. The van der Waals surface area contributed by atoms with E-state index in [-0.39, 0.29) is 22.9 Å². The summed E-state index contributed by atoms with van der Waals surface area (Å²) >= 11 is 0. The number of aromatic nitrogens is 3. The first-order valence-corrected chi connectivity index (χ1v) is 6.87. The Bertz CT molecular complexity index is 907. The van der Waals surface area contributed by atoms with Crippen molar-refractivity contribution in [3.05, 3.63) is 70.5 Å². The lowest BCUT2D eigenvalue weighted by Crippen LogP contribution is -2.15. The number of rotatable bonds is 4. The number of benzene rings is 1. The molecule has 0 bridgehead atoms.